The average Bonchev–Trinajstić information content (AvgIpc) is 3.58. The minimum absolute atomic E-state index is 0.0190. The molecule has 0 spiro atoms. The first kappa shape index (κ1) is 28.4. The van der Waals surface area contributed by atoms with Gasteiger partial charge in [0.05, 0.1) is 30.4 Å². The van der Waals surface area contributed by atoms with E-state index in [-0.39, 0.29) is 29.8 Å². The van der Waals surface area contributed by atoms with Crippen molar-refractivity contribution >= 4 is 11.8 Å². The number of aryl methyl sites for hydroxylation is 1. The van der Waals surface area contributed by atoms with Crippen molar-refractivity contribution in [3.8, 4) is 11.3 Å². The lowest BCUT2D eigenvalue weighted by Crippen LogP contribution is -2.49. The van der Waals surface area contributed by atoms with E-state index in [9.17, 15) is 14.7 Å². The molecule has 3 aromatic rings. The number of imidazole rings is 1. The van der Waals surface area contributed by atoms with Gasteiger partial charge in [-0.05, 0) is 42.9 Å². The molecule has 1 aromatic carbocycles. The van der Waals surface area contributed by atoms with Gasteiger partial charge in [0.2, 0.25) is 11.8 Å². The normalized spacial score (nSPS) is 17.3. The molecule has 39 heavy (non-hydrogen) atoms. The highest BCUT2D eigenvalue weighted by atomic mass is 16.3. The fourth-order valence-corrected chi connectivity index (χ4v) is 5.16. The van der Waals surface area contributed by atoms with Gasteiger partial charge in [-0.15, -0.1) is 0 Å². The number of aliphatic hydroxyl groups excluding tert-OH is 1. The number of amides is 2. The molecule has 1 aliphatic heterocycles. The Labute approximate surface area is 230 Å². The molecule has 2 aromatic heterocycles. The molecular weight excluding hydrogens is 492 g/mol. The predicted molar refractivity (Wildman–Crippen MR) is 150 cm³/mol. The Morgan fingerprint density at radius 3 is 2.46 bits per heavy atom. The molecule has 1 aliphatic rings. The summed E-state index contributed by atoms with van der Waals surface area (Å²) in [5.74, 6) is -0.313. The van der Waals surface area contributed by atoms with Gasteiger partial charge in [-0.3, -0.25) is 9.59 Å². The van der Waals surface area contributed by atoms with Gasteiger partial charge in [-0.2, -0.15) is 10.2 Å². The molecule has 3 heterocycles. The minimum Gasteiger partial charge on any atom is -0.394 e. The number of benzene rings is 1. The lowest BCUT2D eigenvalue weighted by Gasteiger charge is -2.31. The summed E-state index contributed by atoms with van der Waals surface area (Å²) in [4.78, 5) is 33.5. The molecule has 1 fully saturated rings. The van der Waals surface area contributed by atoms with Gasteiger partial charge in [-0.25, -0.2) is 4.98 Å². The Hall–Kier alpha value is -3.59. The molecule has 3 atom stereocenters. The number of aromatic nitrogens is 4. The van der Waals surface area contributed by atoms with Crippen LogP contribution in [0.5, 0.6) is 0 Å². The van der Waals surface area contributed by atoms with Crippen molar-refractivity contribution in [1.82, 2.24) is 30.0 Å². The van der Waals surface area contributed by atoms with Gasteiger partial charge >= 0.3 is 0 Å². The van der Waals surface area contributed by atoms with Gasteiger partial charge < -0.3 is 19.9 Å². The van der Waals surface area contributed by atoms with Crippen LogP contribution in [0, 0.1) is 12.8 Å². The molecule has 4 rings (SSSR count). The highest BCUT2D eigenvalue weighted by molar-refractivity contribution is 5.90. The zero-order chi connectivity index (χ0) is 28.3. The van der Waals surface area contributed by atoms with Crippen LogP contribution in [0.3, 0.4) is 0 Å². The summed E-state index contributed by atoms with van der Waals surface area (Å²) in [5, 5.41) is 21.3. The maximum absolute atomic E-state index is 13.8. The van der Waals surface area contributed by atoms with E-state index in [0.717, 1.165) is 34.5 Å². The van der Waals surface area contributed by atoms with Crippen LogP contribution in [-0.2, 0) is 15.0 Å². The predicted octanol–water partition coefficient (Wildman–Crippen LogP) is 3.98. The first-order valence-electron chi connectivity index (χ1n) is 13.7. The van der Waals surface area contributed by atoms with Crippen LogP contribution in [0.2, 0.25) is 0 Å². The summed E-state index contributed by atoms with van der Waals surface area (Å²) in [7, 11) is 0. The summed E-state index contributed by atoms with van der Waals surface area (Å²) in [5.41, 5.74) is 4.29. The quantitative estimate of drug-likeness (QED) is 0.454. The van der Waals surface area contributed by atoms with E-state index in [1.807, 2.05) is 61.9 Å². The second-order valence-corrected chi connectivity index (χ2v) is 11.8. The fraction of sp³-hybridized carbons (Fsp3) is 0.500. The molecule has 9 nitrogen and oxygen atoms in total. The van der Waals surface area contributed by atoms with Crippen molar-refractivity contribution < 1.29 is 14.7 Å². The molecule has 208 valence electrons. The first-order valence-corrected chi connectivity index (χ1v) is 13.7. The Morgan fingerprint density at radius 1 is 1.15 bits per heavy atom. The third kappa shape index (κ3) is 6.19. The van der Waals surface area contributed by atoms with Crippen molar-refractivity contribution in [3.05, 3.63) is 65.9 Å². The minimum atomic E-state index is -0.587. The van der Waals surface area contributed by atoms with Gasteiger partial charge in [0.15, 0.2) is 0 Å². The highest BCUT2D eigenvalue weighted by Crippen LogP contribution is 2.29. The van der Waals surface area contributed by atoms with E-state index in [0.29, 0.717) is 13.0 Å². The molecule has 0 unspecified atom stereocenters. The Bertz CT molecular complexity index is 1290. The molecular formula is C30H40N6O3. The number of aliphatic hydroxyl groups is 1. The third-order valence-electron chi connectivity index (χ3n) is 7.42. The number of rotatable bonds is 8. The van der Waals surface area contributed by atoms with Crippen LogP contribution in [0.25, 0.3) is 11.3 Å². The van der Waals surface area contributed by atoms with E-state index in [1.54, 1.807) is 17.4 Å². The molecule has 2 N–H and O–H groups in total. The van der Waals surface area contributed by atoms with Crippen LogP contribution in [0.1, 0.15) is 76.4 Å². The number of carbonyl (C=O) groups is 2. The Morgan fingerprint density at radius 2 is 1.87 bits per heavy atom. The van der Waals surface area contributed by atoms with E-state index in [4.69, 9.17) is 0 Å². The molecule has 0 radical (unpaired) electrons. The van der Waals surface area contributed by atoms with Crippen molar-refractivity contribution in [3.63, 3.8) is 0 Å². The molecule has 0 aliphatic carbocycles. The lowest BCUT2D eigenvalue weighted by atomic mass is 9.93. The van der Waals surface area contributed by atoms with Crippen LogP contribution in [0.15, 0.2) is 49.1 Å². The number of hydrogen-bond donors (Lipinski definition) is 2. The molecule has 0 saturated carbocycles. The second kappa shape index (κ2) is 11.7. The van der Waals surface area contributed by atoms with Crippen LogP contribution in [-0.4, -0.2) is 60.8 Å². The van der Waals surface area contributed by atoms with Crippen LogP contribution in [0.4, 0.5) is 0 Å². The zero-order valence-corrected chi connectivity index (χ0v) is 23.8. The summed E-state index contributed by atoms with van der Waals surface area (Å²) in [6.07, 6.45) is 6.66. The van der Waals surface area contributed by atoms with Crippen LogP contribution < -0.4 is 5.32 Å². The van der Waals surface area contributed by atoms with Crippen LogP contribution >= 0.6 is 0 Å². The smallest absolute Gasteiger partial charge is 0.246 e. The number of hydrogen-bond acceptors (Lipinski definition) is 6. The van der Waals surface area contributed by atoms with E-state index in [2.05, 4.69) is 41.3 Å². The first-order chi connectivity index (χ1) is 18.5. The summed E-state index contributed by atoms with van der Waals surface area (Å²) >= 11 is 0. The van der Waals surface area contributed by atoms with E-state index >= 15 is 0 Å². The molecule has 9 heteroatoms. The average molecular weight is 533 g/mol. The van der Waals surface area contributed by atoms with Gasteiger partial charge in [0, 0.05) is 29.9 Å². The van der Waals surface area contributed by atoms with Gasteiger partial charge in [0.1, 0.15) is 12.1 Å². The Kier molecular flexibility index (Phi) is 8.49. The SMILES string of the molecule is Cc1ccnnc1-c1ccc([C@H](CO)NC(=O)[C@@H]2CCCN2C(=O)[C@H](C(C)C)n2cnc(C(C)(C)C)c2)cc1. The number of likely N-dealkylation sites (tertiary alicyclic amines) is 1. The lowest BCUT2D eigenvalue weighted by molar-refractivity contribution is -0.142. The zero-order valence-electron chi connectivity index (χ0n) is 23.8. The van der Waals surface area contributed by atoms with E-state index in [1.165, 1.54) is 0 Å². The summed E-state index contributed by atoms with van der Waals surface area (Å²) < 4.78 is 1.89. The second-order valence-electron chi connectivity index (χ2n) is 11.8. The highest BCUT2D eigenvalue weighted by Gasteiger charge is 2.39. The fourth-order valence-electron chi connectivity index (χ4n) is 5.16. The van der Waals surface area contributed by atoms with E-state index < -0.39 is 18.1 Å². The summed E-state index contributed by atoms with van der Waals surface area (Å²) in [6, 6.07) is 7.87. The van der Waals surface area contributed by atoms with Crippen molar-refractivity contribution in [2.24, 2.45) is 5.92 Å². The maximum atomic E-state index is 13.8. The number of nitrogens with one attached hydrogen (secondary N) is 1. The van der Waals surface area contributed by atoms with Gasteiger partial charge in [0.25, 0.3) is 0 Å². The monoisotopic (exact) mass is 532 g/mol. The topological polar surface area (TPSA) is 113 Å². The van der Waals surface area contributed by atoms with Crippen molar-refractivity contribution in [2.75, 3.05) is 13.2 Å². The summed E-state index contributed by atoms with van der Waals surface area (Å²) in [6.45, 7) is 12.5. The van der Waals surface area contributed by atoms with Crippen molar-refractivity contribution in [1.29, 1.82) is 0 Å². The largest absolute Gasteiger partial charge is 0.394 e. The van der Waals surface area contributed by atoms with Crippen molar-refractivity contribution in [2.45, 2.75) is 77.9 Å². The van der Waals surface area contributed by atoms with Gasteiger partial charge in [-0.1, -0.05) is 58.9 Å². The number of nitrogens with zero attached hydrogens (tertiary/aromatic N) is 5. The number of carbonyl (C=O) groups excluding carboxylic acids is 2. The molecule has 2 amide bonds. The molecule has 0 bridgehead atoms. The molecule has 1 saturated heterocycles. The maximum Gasteiger partial charge on any atom is 0.246 e. The third-order valence-corrected chi connectivity index (χ3v) is 7.42. The Balaban J connectivity index is 1.49. The standard InChI is InChI=1S/C30H40N6O3/c1-19(2)27(35-16-25(31-18-35)30(4,5)6)29(39)36-15-7-8-24(36)28(38)33-23(17-37)21-9-11-22(12-10-21)26-20(3)13-14-32-34-26/h9-14,16,18-19,23-24,27,37H,7-8,15,17H2,1-6H3,(H,33,38)/t23-,24-,27-/m0/s1.